The lowest BCUT2D eigenvalue weighted by Crippen LogP contribution is -1.88. The molecule has 0 fully saturated rings. The van der Waals surface area contributed by atoms with Crippen molar-refractivity contribution in [1.82, 2.24) is 0 Å². The Morgan fingerprint density at radius 1 is 1.24 bits per heavy atom. The molecule has 0 aliphatic carbocycles. The Bertz CT molecular complexity index is 544. The Kier molecular flexibility index (Phi) is 3.43. The summed E-state index contributed by atoms with van der Waals surface area (Å²) in [7, 11) is 0. The third-order valence-electron chi connectivity index (χ3n) is 3.04. The standard InChI is InChI=1S/C15H16O2/c1-2-3-4-11-5-7-13-12(9-11)6-8-15(17)14(13)10-16/h5-10,17H,2-4H2,1H3. The Hall–Kier alpha value is -1.83. The van der Waals surface area contributed by atoms with E-state index >= 15 is 0 Å². The van der Waals surface area contributed by atoms with Crippen molar-refractivity contribution in [1.29, 1.82) is 0 Å². The lowest BCUT2D eigenvalue weighted by atomic mass is 10.00. The molecule has 17 heavy (non-hydrogen) atoms. The van der Waals surface area contributed by atoms with E-state index in [-0.39, 0.29) is 5.75 Å². The minimum atomic E-state index is 0.0498. The molecule has 2 rings (SSSR count). The Balaban J connectivity index is 2.49. The van der Waals surface area contributed by atoms with E-state index in [0.717, 1.165) is 17.2 Å². The van der Waals surface area contributed by atoms with E-state index in [1.807, 2.05) is 18.2 Å². The van der Waals surface area contributed by atoms with Crippen molar-refractivity contribution in [3.05, 3.63) is 41.5 Å². The number of hydrogen-bond acceptors (Lipinski definition) is 2. The van der Waals surface area contributed by atoms with Gasteiger partial charge in [-0.1, -0.05) is 37.6 Å². The van der Waals surface area contributed by atoms with Crippen LogP contribution in [0.4, 0.5) is 0 Å². The molecule has 0 saturated heterocycles. The molecule has 0 spiro atoms. The molecular formula is C15H16O2. The molecular weight excluding hydrogens is 212 g/mol. The molecule has 2 aromatic carbocycles. The number of unbranched alkanes of at least 4 members (excludes halogenated alkanes) is 1. The Morgan fingerprint density at radius 2 is 2.06 bits per heavy atom. The average Bonchev–Trinajstić information content (AvgIpc) is 2.36. The van der Waals surface area contributed by atoms with Crippen molar-refractivity contribution in [2.75, 3.05) is 0 Å². The molecule has 0 atom stereocenters. The van der Waals surface area contributed by atoms with Crippen LogP contribution in [-0.4, -0.2) is 11.4 Å². The van der Waals surface area contributed by atoms with Crippen molar-refractivity contribution < 1.29 is 9.90 Å². The fourth-order valence-corrected chi connectivity index (χ4v) is 2.05. The number of aryl methyl sites for hydroxylation is 1. The highest BCUT2D eigenvalue weighted by molar-refractivity contribution is 6.00. The van der Waals surface area contributed by atoms with E-state index in [0.29, 0.717) is 11.8 Å². The minimum Gasteiger partial charge on any atom is -0.507 e. The van der Waals surface area contributed by atoms with Crippen LogP contribution in [0.25, 0.3) is 10.8 Å². The van der Waals surface area contributed by atoms with Gasteiger partial charge in [-0.3, -0.25) is 4.79 Å². The number of fused-ring (bicyclic) bond motifs is 1. The third-order valence-corrected chi connectivity index (χ3v) is 3.04. The van der Waals surface area contributed by atoms with E-state index in [1.165, 1.54) is 18.4 Å². The normalized spacial score (nSPS) is 10.6. The lowest BCUT2D eigenvalue weighted by molar-refractivity contribution is 0.112. The van der Waals surface area contributed by atoms with Crippen molar-refractivity contribution in [3.8, 4) is 5.75 Å². The average molecular weight is 228 g/mol. The van der Waals surface area contributed by atoms with Crippen molar-refractivity contribution in [3.63, 3.8) is 0 Å². The quantitative estimate of drug-likeness (QED) is 0.810. The number of aromatic hydroxyl groups is 1. The highest BCUT2D eigenvalue weighted by Gasteiger charge is 2.06. The van der Waals surface area contributed by atoms with Gasteiger partial charge in [-0.15, -0.1) is 0 Å². The number of benzene rings is 2. The molecule has 0 aliphatic heterocycles. The highest BCUT2D eigenvalue weighted by atomic mass is 16.3. The molecule has 0 saturated carbocycles. The monoisotopic (exact) mass is 228 g/mol. The summed E-state index contributed by atoms with van der Waals surface area (Å²) in [6.45, 7) is 2.17. The summed E-state index contributed by atoms with van der Waals surface area (Å²) >= 11 is 0. The van der Waals surface area contributed by atoms with Crippen LogP contribution in [0, 0.1) is 0 Å². The van der Waals surface area contributed by atoms with Gasteiger partial charge in [0.25, 0.3) is 0 Å². The first-order valence-electron chi connectivity index (χ1n) is 5.96. The first-order chi connectivity index (χ1) is 8.26. The van der Waals surface area contributed by atoms with Crippen molar-refractivity contribution in [2.24, 2.45) is 0 Å². The highest BCUT2D eigenvalue weighted by Crippen LogP contribution is 2.26. The molecule has 0 radical (unpaired) electrons. The van der Waals surface area contributed by atoms with Gasteiger partial charge in [0.05, 0.1) is 5.56 Å². The van der Waals surface area contributed by atoms with Crippen LogP contribution < -0.4 is 0 Å². The topological polar surface area (TPSA) is 37.3 Å². The zero-order chi connectivity index (χ0) is 12.3. The third kappa shape index (κ3) is 2.31. The summed E-state index contributed by atoms with van der Waals surface area (Å²) in [6, 6.07) is 9.48. The number of rotatable bonds is 4. The summed E-state index contributed by atoms with van der Waals surface area (Å²) in [5.41, 5.74) is 1.66. The zero-order valence-electron chi connectivity index (χ0n) is 9.94. The molecule has 1 N–H and O–H groups in total. The van der Waals surface area contributed by atoms with E-state index in [9.17, 15) is 9.90 Å². The van der Waals surface area contributed by atoms with Gasteiger partial charge < -0.3 is 5.11 Å². The molecule has 2 aromatic rings. The molecule has 0 heterocycles. The number of phenolic OH excluding ortho intramolecular Hbond substituents is 1. The number of carbonyl (C=O) groups excluding carboxylic acids is 1. The Morgan fingerprint density at radius 3 is 2.76 bits per heavy atom. The van der Waals surface area contributed by atoms with Gasteiger partial charge in [0.1, 0.15) is 5.75 Å². The summed E-state index contributed by atoms with van der Waals surface area (Å²) in [5, 5.41) is 11.4. The van der Waals surface area contributed by atoms with Crippen LogP contribution in [0.3, 0.4) is 0 Å². The van der Waals surface area contributed by atoms with Crippen LogP contribution in [0.2, 0.25) is 0 Å². The van der Waals surface area contributed by atoms with E-state index in [4.69, 9.17) is 0 Å². The predicted octanol–water partition coefficient (Wildman–Crippen LogP) is 3.70. The molecule has 0 unspecified atom stereocenters. The van der Waals surface area contributed by atoms with E-state index in [2.05, 4.69) is 13.0 Å². The fraction of sp³-hybridized carbons (Fsp3) is 0.267. The maximum atomic E-state index is 10.9. The van der Waals surface area contributed by atoms with Crippen molar-refractivity contribution >= 4 is 17.1 Å². The second-order valence-electron chi connectivity index (χ2n) is 4.28. The van der Waals surface area contributed by atoms with E-state index in [1.54, 1.807) is 6.07 Å². The summed E-state index contributed by atoms with van der Waals surface area (Å²) in [4.78, 5) is 10.9. The number of hydrogen-bond donors (Lipinski definition) is 1. The van der Waals surface area contributed by atoms with Crippen molar-refractivity contribution in [2.45, 2.75) is 26.2 Å². The predicted molar refractivity (Wildman–Crippen MR) is 69.6 cm³/mol. The largest absolute Gasteiger partial charge is 0.507 e. The molecule has 2 nitrogen and oxygen atoms in total. The zero-order valence-corrected chi connectivity index (χ0v) is 9.94. The second-order valence-corrected chi connectivity index (χ2v) is 4.28. The number of carbonyl (C=O) groups is 1. The molecule has 0 bridgehead atoms. The number of phenols is 1. The van der Waals surface area contributed by atoms with Crippen LogP contribution in [-0.2, 0) is 6.42 Å². The van der Waals surface area contributed by atoms with Gasteiger partial charge in [0.2, 0.25) is 0 Å². The maximum absolute atomic E-state index is 10.9. The first kappa shape index (κ1) is 11.6. The summed E-state index contributed by atoms with van der Waals surface area (Å²) < 4.78 is 0. The van der Waals surface area contributed by atoms with Gasteiger partial charge in [0.15, 0.2) is 6.29 Å². The van der Waals surface area contributed by atoms with Gasteiger partial charge in [-0.05, 0) is 35.2 Å². The van der Waals surface area contributed by atoms with Crippen LogP contribution >= 0.6 is 0 Å². The summed E-state index contributed by atoms with van der Waals surface area (Å²) in [5.74, 6) is 0.0498. The van der Waals surface area contributed by atoms with Crippen LogP contribution in [0.15, 0.2) is 30.3 Å². The first-order valence-corrected chi connectivity index (χ1v) is 5.96. The number of aldehydes is 1. The van der Waals surface area contributed by atoms with E-state index < -0.39 is 0 Å². The summed E-state index contributed by atoms with van der Waals surface area (Å²) in [6.07, 6.45) is 4.12. The van der Waals surface area contributed by atoms with Crippen LogP contribution in [0.1, 0.15) is 35.7 Å². The van der Waals surface area contributed by atoms with Gasteiger partial charge in [-0.2, -0.15) is 0 Å². The van der Waals surface area contributed by atoms with Gasteiger partial charge >= 0.3 is 0 Å². The minimum absolute atomic E-state index is 0.0498. The van der Waals surface area contributed by atoms with Gasteiger partial charge in [-0.25, -0.2) is 0 Å². The second kappa shape index (κ2) is 5.00. The van der Waals surface area contributed by atoms with Gasteiger partial charge in [0, 0.05) is 0 Å². The molecule has 88 valence electrons. The molecule has 0 amide bonds. The molecule has 0 aromatic heterocycles. The SMILES string of the molecule is CCCCc1ccc2c(C=O)c(O)ccc2c1. The Labute approximate surface area is 101 Å². The van der Waals surface area contributed by atoms with Crippen LogP contribution in [0.5, 0.6) is 5.75 Å². The fourth-order valence-electron chi connectivity index (χ4n) is 2.05. The molecule has 0 aliphatic rings. The maximum Gasteiger partial charge on any atom is 0.154 e. The smallest absolute Gasteiger partial charge is 0.154 e. The lowest BCUT2D eigenvalue weighted by Gasteiger charge is -2.06. The molecule has 2 heteroatoms.